The summed E-state index contributed by atoms with van der Waals surface area (Å²) in [6.07, 6.45) is 1.90. The van der Waals surface area contributed by atoms with Crippen LogP contribution in [0.25, 0.3) is 0 Å². The summed E-state index contributed by atoms with van der Waals surface area (Å²) in [5, 5.41) is 2.82. The maximum Gasteiger partial charge on any atom is 0.321 e. The Labute approximate surface area is 197 Å². The van der Waals surface area contributed by atoms with Crippen LogP contribution in [0.5, 0.6) is 0 Å². The Morgan fingerprint density at radius 3 is 2.15 bits per heavy atom. The minimum Gasteiger partial charge on any atom is -0.456 e. The third kappa shape index (κ3) is 7.35. The van der Waals surface area contributed by atoms with Crippen LogP contribution in [-0.2, 0) is 14.3 Å². The lowest BCUT2D eigenvalue weighted by Gasteiger charge is -2.34. The lowest BCUT2D eigenvalue weighted by atomic mass is 10.1. The molecule has 3 rings (SSSR count). The van der Waals surface area contributed by atoms with Gasteiger partial charge in [-0.15, -0.1) is 11.8 Å². The molecule has 0 atom stereocenters. The minimum atomic E-state index is -0.585. The normalized spacial score (nSPS) is 13.4. The van der Waals surface area contributed by atoms with Crippen LogP contribution in [0.15, 0.2) is 59.5 Å². The monoisotopic (exact) mass is 469 g/mol. The second-order valence-corrected chi connectivity index (χ2v) is 8.36. The largest absolute Gasteiger partial charge is 0.456 e. The predicted octanol–water partition coefficient (Wildman–Crippen LogP) is 3.29. The molecule has 0 radical (unpaired) electrons. The smallest absolute Gasteiger partial charge is 0.321 e. The molecule has 0 bridgehead atoms. The number of carbonyl (C=O) groups excluding carboxylic acids is 4. The van der Waals surface area contributed by atoms with Crippen molar-refractivity contribution in [3.63, 3.8) is 0 Å². The minimum absolute atomic E-state index is 0.0286. The number of urea groups is 1. The van der Waals surface area contributed by atoms with Gasteiger partial charge in [-0.3, -0.25) is 14.4 Å². The molecule has 0 unspecified atom stereocenters. The first-order valence-corrected chi connectivity index (χ1v) is 11.9. The molecule has 0 aliphatic carbocycles. The van der Waals surface area contributed by atoms with E-state index in [4.69, 9.17) is 4.74 Å². The van der Waals surface area contributed by atoms with E-state index in [-0.39, 0.29) is 37.2 Å². The number of anilines is 1. The summed E-state index contributed by atoms with van der Waals surface area (Å²) < 4.78 is 5.05. The lowest BCUT2D eigenvalue weighted by Crippen LogP contribution is -2.52. The maximum atomic E-state index is 12.4. The number of nitrogens with zero attached hydrogens (tertiary/aromatic N) is 2. The summed E-state index contributed by atoms with van der Waals surface area (Å²) in [7, 11) is 0. The molecule has 2 aromatic carbocycles. The van der Waals surface area contributed by atoms with Gasteiger partial charge in [0.1, 0.15) is 0 Å². The number of esters is 1. The highest BCUT2D eigenvalue weighted by atomic mass is 32.2. The predicted molar refractivity (Wildman–Crippen MR) is 126 cm³/mol. The molecule has 2 aromatic rings. The number of hydrogen-bond acceptors (Lipinski definition) is 6. The number of ether oxygens (including phenoxy) is 1. The molecule has 1 fully saturated rings. The highest BCUT2D eigenvalue weighted by Gasteiger charge is 2.25. The van der Waals surface area contributed by atoms with Crippen LogP contribution in [0.3, 0.4) is 0 Å². The van der Waals surface area contributed by atoms with Crippen molar-refractivity contribution in [3.05, 3.63) is 60.2 Å². The van der Waals surface area contributed by atoms with E-state index in [1.54, 1.807) is 45.8 Å². The third-order valence-corrected chi connectivity index (χ3v) is 6.01. The highest BCUT2D eigenvalue weighted by molar-refractivity contribution is 7.98. The lowest BCUT2D eigenvalue weighted by molar-refractivity contribution is -0.152. The highest BCUT2D eigenvalue weighted by Crippen LogP contribution is 2.16. The second kappa shape index (κ2) is 12.1. The Bertz CT molecular complexity index is 973. The van der Waals surface area contributed by atoms with Gasteiger partial charge in [0.25, 0.3) is 5.91 Å². The van der Waals surface area contributed by atoms with Crippen molar-refractivity contribution >= 4 is 41.1 Å². The Morgan fingerprint density at radius 1 is 0.879 bits per heavy atom. The van der Waals surface area contributed by atoms with Gasteiger partial charge in [0.2, 0.25) is 0 Å². The third-order valence-electron chi connectivity index (χ3n) is 5.27. The Hall–Kier alpha value is -3.33. The molecule has 174 valence electrons. The summed E-state index contributed by atoms with van der Waals surface area (Å²) in [5.41, 5.74) is 1.26. The van der Waals surface area contributed by atoms with Crippen LogP contribution >= 0.6 is 11.8 Å². The first-order chi connectivity index (χ1) is 16.0. The summed E-state index contributed by atoms with van der Waals surface area (Å²) >= 11 is 1.59. The number of ketones is 1. The fraction of sp³-hybridized carbons (Fsp3) is 0.333. The van der Waals surface area contributed by atoms with E-state index >= 15 is 0 Å². The Kier molecular flexibility index (Phi) is 8.88. The van der Waals surface area contributed by atoms with Crippen molar-refractivity contribution in [2.45, 2.75) is 17.7 Å². The van der Waals surface area contributed by atoms with Gasteiger partial charge in [0, 0.05) is 48.7 Å². The van der Waals surface area contributed by atoms with Gasteiger partial charge in [-0.05, 0) is 30.5 Å². The van der Waals surface area contributed by atoms with Crippen LogP contribution < -0.4 is 5.32 Å². The van der Waals surface area contributed by atoms with Crippen molar-refractivity contribution in [1.82, 2.24) is 9.80 Å². The van der Waals surface area contributed by atoms with E-state index in [0.29, 0.717) is 37.4 Å². The van der Waals surface area contributed by atoms with Crippen molar-refractivity contribution in [1.29, 1.82) is 0 Å². The quantitative estimate of drug-likeness (QED) is 0.362. The Balaban J connectivity index is 1.34. The van der Waals surface area contributed by atoms with E-state index in [0.717, 1.165) is 4.90 Å². The molecule has 1 N–H and O–H groups in total. The SMILES string of the molecule is CSc1ccc(C(=O)CCC(=O)OCC(=O)N2CCN(C(=O)Nc3ccccc3)CC2)cc1. The van der Waals surface area contributed by atoms with E-state index in [1.807, 2.05) is 36.6 Å². The average molecular weight is 470 g/mol. The number of piperazine rings is 1. The summed E-state index contributed by atoms with van der Waals surface area (Å²) in [4.78, 5) is 53.1. The van der Waals surface area contributed by atoms with Crippen LogP contribution in [0, 0.1) is 0 Å². The van der Waals surface area contributed by atoms with Crippen molar-refractivity contribution < 1.29 is 23.9 Å². The number of nitrogens with one attached hydrogen (secondary N) is 1. The van der Waals surface area contributed by atoms with E-state index in [1.165, 1.54) is 0 Å². The molecule has 1 saturated heterocycles. The number of rotatable bonds is 8. The molecule has 9 heteroatoms. The number of Topliss-reactive ketones (excluding diaryl/α,β-unsaturated/α-hetero) is 1. The average Bonchev–Trinajstić information content (AvgIpc) is 2.86. The zero-order valence-electron chi connectivity index (χ0n) is 18.5. The number of thioether (sulfide) groups is 1. The zero-order chi connectivity index (χ0) is 23.6. The van der Waals surface area contributed by atoms with E-state index in [9.17, 15) is 19.2 Å². The molecular weight excluding hydrogens is 442 g/mol. The molecule has 33 heavy (non-hydrogen) atoms. The van der Waals surface area contributed by atoms with E-state index < -0.39 is 5.97 Å². The number of carbonyl (C=O) groups is 4. The van der Waals surface area contributed by atoms with Gasteiger partial charge in [-0.1, -0.05) is 30.3 Å². The van der Waals surface area contributed by atoms with Gasteiger partial charge in [-0.2, -0.15) is 0 Å². The summed E-state index contributed by atoms with van der Waals surface area (Å²) in [6.45, 7) is 1.14. The number of hydrogen-bond donors (Lipinski definition) is 1. The van der Waals surface area contributed by atoms with Gasteiger partial charge in [-0.25, -0.2) is 4.79 Å². The molecule has 0 aromatic heterocycles. The van der Waals surface area contributed by atoms with Crippen LogP contribution in [0.1, 0.15) is 23.2 Å². The van der Waals surface area contributed by atoms with Crippen LogP contribution in [-0.4, -0.2) is 72.5 Å². The number of para-hydroxylation sites is 1. The first kappa shape index (κ1) is 24.3. The van der Waals surface area contributed by atoms with Gasteiger partial charge in [0.15, 0.2) is 12.4 Å². The molecule has 1 heterocycles. The van der Waals surface area contributed by atoms with E-state index in [2.05, 4.69) is 5.32 Å². The first-order valence-electron chi connectivity index (χ1n) is 10.7. The standard InChI is InChI=1S/C24H27N3O5S/c1-33-20-9-7-18(8-10-20)21(28)11-12-23(30)32-17-22(29)26-13-15-27(16-14-26)24(31)25-19-5-3-2-4-6-19/h2-10H,11-17H2,1H3,(H,25,31). The second-order valence-electron chi connectivity index (χ2n) is 7.48. The van der Waals surface area contributed by atoms with Crippen LogP contribution in [0.2, 0.25) is 0 Å². The topological polar surface area (TPSA) is 96.0 Å². The molecule has 3 amide bonds. The summed E-state index contributed by atoms with van der Waals surface area (Å²) in [6, 6.07) is 16.1. The van der Waals surface area contributed by atoms with Gasteiger partial charge >= 0.3 is 12.0 Å². The van der Waals surface area contributed by atoms with Crippen molar-refractivity contribution in [3.8, 4) is 0 Å². The molecule has 1 aliphatic heterocycles. The number of amides is 3. The Morgan fingerprint density at radius 2 is 1.52 bits per heavy atom. The molecule has 1 aliphatic rings. The maximum absolute atomic E-state index is 12.4. The molecule has 8 nitrogen and oxygen atoms in total. The number of benzene rings is 2. The van der Waals surface area contributed by atoms with Crippen LogP contribution in [0.4, 0.5) is 10.5 Å². The fourth-order valence-corrected chi connectivity index (χ4v) is 3.73. The molecular formula is C24H27N3O5S. The fourth-order valence-electron chi connectivity index (χ4n) is 3.33. The van der Waals surface area contributed by atoms with Gasteiger partial charge in [0.05, 0.1) is 6.42 Å². The molecule has 0 spiro atoms. The summed E-state index contributed by atoms with van der Waals surface area (Å²) in [5.74, 6) is -1.04. The van der Waals surface area contributed by atoms with Gasteiger partial charge < -0.3 is 19.9 Å². The van der Waals surface area contributed by atoms with Crippen molar-refractivity contribution in [2.24, 2.45) is 0 Å². The molecule has 0 saturated carbocycles. The zero-order valence-corrected chi connectivity index (χ0v) is 19.3. The van der Waals surface area contributed by atoms with Crippen molar-refractivity contribution in [2.75, 3.05) is 44.4 Å².